The number of nitrogens with one attached hydrogen (secondary N) is 2. The number of hydrogen-bond acceptors (Lipinski definition) is 3. The lowest BCUT2D eigenvalue weighted by Gasteiger charge is -2.31. The van der Waals surface area contributed by atoms with Gasteiger partial charge in [0.05, 0.1) is 6.54 Å². The van der Waals surface area contributed by atoms with Crippen LogP contribution in [0.4, 0.5) is 0 Å². The van der Waals surface area contributed by atoms with Gasteiger partial charge in [0.2, 0.25) is 5.91 Å². The lowest BCUT2D eigenvalue weighted by Crippen LogP contribution is -2.45. The molecular formula is C15H23Cl2N3O. The Morgan fingerprint density at radius 1 is 1.33 bits per heavy atom. The fourth-order valence-electron chi connectivity index (χ4n) is 2.46. The molecule has 0 unspecified atom stereocenters. The van der Waals surface area contributed by atoms with Crippen LogP contribution in [0.2, 0.25) is 5.02 Å². The Labute approximate surface area is 137 Å². The number of rotatable bonds is 5. The van der Waals surface area contributed by atoms with Crippen molar-refractivity contribution in [2.45, 2.75) is 25.4 Å². The van der Waals surface area contributed by atoms with Crippen LogP contribution in [-0.2, 0) is 11.3 Å². The fraction of sp³-hybridized carbons (Fsp3) is 0.533. The van der Waals surface area contributed by atoms with Crippen molar-refractivity contribution in [1.29, 1.82) is 0 Å². The highest BCUT2D eigenvalue weighted by Crippen LogP contribution is 2.10. The van der Waals surface area contributed by atoms with Gasteiger partial charge in [-0.2, -0.15) is 0 Å². The largest absolute Gasteiger partial charge is 0.351 e. The van der Waals surface area contributed by atoms with E-state index < -0.39 is 0 Å². The summed E-state index contributed by atoms with van der Waals surface area (Å²) in [6, 6.07) is 8.05. The highest BCUT2D eigenvalue weighted by molar-refractivity contribution is 6.30. The van der Waals surface area contributed by atoms with E-state index in [0.717, 1.165) is 31.5 Å². The number of benzene rings is 1. The average Bonchev–Trinajstić information content (AvgIpc) is 2.47. The molecule has 1 aliphatic rings. The van der Waals surface area contributed by atoms with Gasteiger partial charge in [0.15, 0.2) is 0 Å². The number of hydrogen-bond donors (Lipinski definition) is 2. The van der Waals surface area contributed by atoms with Gasteiger partial charge in [0.25, 0.3) is 0 Å². The minimum atomic E-state index is 0. The first kappa shape index (κ1) is 18.2. The zero-order valence-corrected chi connectivity index (χ0v) is 13.8. The second-order valence-electron chi connectivity index (χ2n) is 5.30. The molecule has 1 aliphatic heterocycles. The molecule has 1 aromatic rings. The van der Waals surface area contributed by atoms with Crippen molar-refractivity contribution in [2.24, 2.45) is 0 Å². The molecule has 2 N–H and O–H groups in total. The molecule has 2 rings (SSSR count). The Hall–Kier alpha value is -0.810. The summed E-state index contributed by atoms with van der Waals surface area (Å²) < 4.78 is 0. The normalized spacial score (nSPS) is 15.6. The quantitative estimate of drug-likeness (QED) is 0.868. The second-order valence-corrected chi connectivity index (χ2v) is 5.74. The van der Waals surface area contributed by atoms with Crippen LogP contribution < -0.4 is 10.6 Å². The third-order valence-electron chi connectivity index (χ3n) is 3.73. The summed E-state index contributed by atoms with van der Waals surface area (Å²) in [6.07, 6.45) is 2.22. The van der Waals surface area contributed by atoms with Gasteiger partial charge in [-0.1, -0.05) is 23.7 Å². The summed E-state index contributed by atoms with van der Waals surface area (Å²) >= 11 is 5.83. The number of nitrogens with zero attached hydrogens (tertiary/aromatic N) is 1. The zero-order chi connectivity index (χ0) is 14.4. The maximum absolute atomic E-state index is 11.9. The highest BCUT2D eigenvalue weighted by Gasteiger charge is 2.19. The first-order valence-corrected chi connectivity index (χ1v) is 7.45. The Morgan fingerprint density at radius 3 is 2.57 bits per heavy atom. The smallest absolute Gasteiger partial charge is 0.234 e. The lowest BCUT2D eigenvalue weighted by molar-refractivity contribution is -0.122. The number of halogens is 2. The van der Waals surface area contributed by atoms with Crippen LogP contribution in [0, 0.1) is 0 Å². The maximum atomic E-state index is 11.9. The van der Waals surface area contributed by atoms with E-state index in [1.54, 1.807) is 0 Å². The van der Waals surface area contributed by atoms with Gasteiger partial charge in [-0.15, -0.1) is 12.4 Å². The molecule has 0 spiro atoms. The molecule has 1 saturated heterocycles. The first-order chi connectivity index (χ1) is 9.65. The van der Waals surface area contributed by atoms with E-state index in [4.69, 9.17) is 11.6 Å². The Balaban J connectivity index is 0.00000220. The molecule has 1 amide bonds. The summed E-state index contributed by atoms with van der Waals surface area (Å²) in [4.78, 5) is 14.1. The van der Waals surface area contributed by atoms with E-state index in [0.29, 0.717) is 24.2 Å². The molecule has 1 heterocycles. The number of carbonyl (C=O) groups is 1. The predicted molar refractivity (Wildman–Crippen MR) is 89.1 cm³/mol. The van der Waals surface area contributed by atoms with E-state index in [1.807, 2.05) is 31.3 Å². The van der Waals surface area contributed by atoms with Crippen LogP contribution in [-0.4, -0.2) is 43.5 Å². The molecule has 118 valence electrons. The number of piperidine rings is 1. The number of carbonyl (C=O) groups excluding carboxylic acids is 1. The van der Waals surface area contributed by atoms with Crippen molar-refractivity contribution >= 4 is 29.9 Å². The van der Waals surface area contributed by atoms with Crippen LogP contribution in [0.1, 0.15) is 18.4 Å². The number of amides is 1. The summed E-state index contributed by atoms with van der Waals surface area (Å²) in [5.74, 6) is 0.0704. The molecule has 4 nitrogen and oxygen atoms in total. The second kappa shape index (κ2) is 9.26. The minimum Gasteiger partial charge on any atom is -0.351 e. The highest BCUT2D eigenvalue weighted by atomic mass is 35.5. The lowest BCUT2D eigenvalue weighted by atomic mass is 10.1. The minimum absolute atomic E-state index is 0. The average molecular weight is 332 g/mol. The molecule has 6 heteroatoms. The molecule has 0 aliphatic carbocycles. The molecule has 0 saturated carbocycles. The van der Waals surface area contributed by atoms with Crippen LogP contribution >= 0.6 is 24.0 Å². The van der Waals surface area contributed by atoms with Gasteiger partial charge < -0.3 is 10.6 Å². The Bertz CT molecular complexity index is 433. The summed E-state index contributed by atoms with van der Waals surface area (Å²) in [7, 11) is 2.03. The van der Waals surface area contributed by atoms with E-state index in [-0.39, 0.29) is 18.3 Å². The van der Waals surface area contributed by atoms with Crippen LogP contribution in [0.15, 0.2) is 24.3 Å². The SMILES string of the molecule is CN(CC(=O)NCc1ccc(Cl)cc1)C1CCNCC1.Cl. The van der Waals surface area contributed by atoms with Crippen LogP contribution in [0.5, 0.6) is 0 Å². The molecule has 1 aromatic carbocycles. The molecule has 0 radical (unpaired) electrons. The van der Waals surface area contributed by atoms with Crippen LogP contribution in [0.25, 0.3) is 0 Å². The van der Waals surface area contributed by atoms with Gasteiger partial charge >= 0.3 is 0 Å². The fourth-order valence-corrected chi connectivity index (χ4v) is 2.59. The van der Waals surface area contributed by atoms with Crippen molar-refractivity contribution in [3.8, 4) is 0 Å². The standard InChI is InChI=1S/C15H22ClN3O.ClH/c1-19(14-6-8-17-9-7-14)11-15(20)18-10-12-2-4-13(16)5-3-12;/h2-5,14,17H,6-11H2,1H3,(H,18,20);1H. The van der Waals surface area contributed by atoms with E-state index in [1.165, 1.54) is 0 Å². The monoisotopic (exact) mass is 331 g/mol. The van der Waals surface area contributed by atoms with Gasteiger partial charge in [-0.3, -0.25) is 9.69 Å². The molecule has 21 heavy (non-hydrogen) atoms. The van der Waals surface area contributed by atoms with Crippen molar-refractivity contribution in [3.05, 3.63) is 34.9 Å². The Morgan fingerprint density at radius 2 is 1.95 bits per heavy atom. The van der Waals surface area contributed by atoms with Crippen molar-refractivity contribution in [2.75, 3.05) is 26.7 Å². The van der Waals surface area contributed by atoms with E-state index in [2.05, 4.69) is 15.5 Å². The Kier molecular flexibility index (Phi) is 8.04. The summed E-state index contributed by atoms with van der Waals surface area (Å²) in [5, 5.41) is 7.00. The third-order valence-corrected chi connectivity index (χ3v) is 3.98. The topological polar surface area (TPSA) is 44.4 Å². The van der Waals surface area contributed by atoms with Crippen molar-refractivity contribution in [1.82, 2.24) is 15.5 Å². The summed E-state index contributed by atoms with van der Waals surface area (Å²) in [5.41, 5.74) is 1.06. The van der Waals surface area contributed by atoms with Gasteiger partial charge in [0, 0.05) is 17.6 Å². The number of likely N-dealkylation sites (N-methyl/N-ethyl adjacent to an activating group) is 1. The third kappa shape index (κ3) is 6.22. The molecule has 1 fully saturated rings. The van der Waals surface area contributed by atoms with E-state index >= 15 is 0 Å². The van der Waals surface area contributed by atoms with Crippen molar-refractivity contribution in [3.63, 3.8) is 0 Å². The molecular weight excluding hydrogens is 309 g/mol. The van der Waals surface area contributed by atoms with Gasteiger partial charge in [-0.05, 0) is 50.7 Å². The van der Waals surface area contributed by atoms with Crippen LogP contribution in [0.3, 0.4) is 0 Å². The molecule has 0 aromatic heterocycles. The predicted octanol–water partition coefficient (Wildman–Crippen LogP) is 2.06. The zero-order valence-electron chi connectivity index (χ0n) is 12.3. The molecule has 0 atom stereocenters. The first-order valence-electron chi connectivity index (χ1n) is 7.07. The molecule has 0 bridgehead atoms. The van der Waals surface area contributed by atoms with Gasteiger partial charge in [-0.25, -0.2) is 0 Å². The van der Waals surface area contributed by atoms with E-state index in [9.17, 15) is 4.79 Å². The van der Waals surface area contributed by atoms with Crippen molar-refractivity contribution < 1.29 is 4.79 Å². The van der Waals surface area contributed by atoms with Gasteiger partial charge in [0.1, 0.15) is 0 Å². The summed E-state index contributed by atoms with van der Waals surface area (Å²) in [6.45, 7) is 3.09. The maximum Gasteiger partial charge on any atom is 0.234 e.